The zero-order chi connectivity index (χ0) is 12.7. The number of rotatable bonds is 7. The predicted molar refractivity (Wildman–Crippen MR) is 64.4 cm³/mol. The first-order valence-electron chi connectivity index (χ1n) is 5.74. The Morgan fingerprint density at radius 2 is 2.00 bits per heavy atom. The fourth-order valence-electron chi connectivity index (χ4n) is 1.59. The summed E-state index contributed by atoms with van der Waals surface area (Å²) in [5, 5.41) is 9.02. The van der Waals surface area contributed by atoms with Crippen molar-refractivity contribution >= 4 is 5.97 Å². The van der Waals surface area contributed by atoms with Crippen molar-refractivity contribution in [1.82, 2.24) is 0 Å². The molecule has 1 aromatic rings. The smallest absolute Gasteiger partial charge is 0.333 e. The molecule has 1 atom stereocenters. The fourth-order valence-corrected chi connectivity index (χ4v) is 1.59. The van der Waals surface area contributed by atoms with E-state index >= 15 is 0 Å². The van der Waals surface area contributed by atoms with Crippen LogP contribution in [0, 0.1) is 0 Å². The lowest BCUT2D eigenvalue weighted by Crippen LogP contribution is -2.26. The van der Waals surface area contributed by atoms with Gasteiger partial charge in [-0.3, -0.25) is 0 Å². The number of benzene rings is 1. The summed E-state index contributed by atoms with van der Waals surface area (Å²) in [6, 6.07) is 7.43. The number of carboxylic acids is 1. The van der Waals surface area contributed by atoms with E-state index in [1.165, 1.54) is 0 Å². The van der Waals surface area contributed by atoms with E-state index in [1.54, 1.807) is 6.92 Å². The maximum Gasteiger partial charge on any atom is 0.333 e. The highest BCUT2D eigenvalue weighted by molar-refractivity contribution is 5.73. The van der Waals surface area contributed by atoms with Crippen molar-refractivity contribution < 1.29 is 19.4 Å². The molecule has 0 aliphatic rings. The number of aliphatic carboxylic acids is 1. The van der Waals surface area contributed by atoms with Gasteiger partial charge in [0, 0.05) is 13.0 Å². The molecule has 0 amide bonds. The minimum atomic E-state index is -0.946. The highest BCUT2D eigenvalue weighted by Gasteiger charge is 2.19. The van der Waals surface area contributed by atoms with Crippen molar-refractivity contribution in [2.45, 2.75) is 26.4 Å². The van der Waals surface area contributed by atoms with Crippen LogP contribution in [0.15, 0.2) is 24.3 Å². The van der Waals surface area contributed by atoms with E-state index in [4.69, 9.17) is 14.6 Å². The molecule has 1 aromatic carbocycles. The Bertz CT molecular complexity index is 362. The van der Waals surface area contributed by atoms with Crippen LogP contribution in [0.1, 0.15) is 19.4 Å². The summed E-state index contributed by atoms with van der Waals surface area (Å²) in [7, 11) is 0. The van der Waals surface area contributed by atoms with Crippen LogP contribution < -0.4 is 4.74 Å². The van der Waals surface area contributed by atoms with Gasteiger partial charge in [-0.2, -0.15) is 0 Å². The van der Waals surface area contributed by atoms with E-state index in [0.29, 0.717) is 19.6 Å². The van der Waals surface area contributed by atoms with Crippen LogP contribution in [0.4, 0.5) is 0 Å². The minimum absolute atomic E-state index is 0.319. The first-order chi connectivity index (χ1) is 8.19. The van der Waals surface area contributed by atoms with Crippen LogP contribution in [0.25, 0.3) is 0 Å². The lowest BCUT2D eigenvalue weighted by atomic mass is 10.1. The fraction of sp³-hybridized carbons (Fsp3) is 0.462. The molecule has 1 rings (SSSR count). The Morgan fingerprint density at radius 1 is 1.29 bits per heavy atom. The van der Waals surface area contributed by atoms with Gasteiger partial charge in [0.25, 0.3) is 0 Å². The Morgan fingerprint density at radius 3 is 2.59 bits per heavy atom. The molecule has 0 aliphatic heterocycles. The zero-order valence-electron chi connectivity index (χ0n) is 10.2. The molecule has 0 aliphatic carbocycles. The summed E-state index contributed by atoms with van der Waals surface area (Å²) in [6.07, 6.45) is -0.499. The Kier molecular flexibility index (Phi) is 5.49. The van der Waals surface area contributed by atoms with Crippen LogP contribution in [0.5, 0.6) is 5.75 Å². The molecule has 4 nitrogen and oxygen atoms in total. The Labute approximate surface area is 101 Å². The van der Waals surface area contributed by atoms with Crippen molar-refractivity contribution in [1.29, 1.82) is 0 Å². The molecule has 0 fully saturated rings. The van der Waals surface area contributed by atoms with Crippen LogP contribution in [0.2, 0.25) is 0 Å². The van der Waals surface area contributed by atoms with Crippen LogP contribution in [0.3, 0.4) is 0 Å². The maximum absolute atomic E-state index is 11.0. The molecule has 0 unspecified atom stereocenters. The molecule has 4 heteroatoms. The van der Waals surface area contributed by atoms with E-state index in [0.717, 1.165) is 11.3 Å². The number of hydrogen-bond donors (Lipinski definition) is 1. The average molecular weight is 238 g/mol. The molecule has 0 spiro atoms. The summed E-state index contributed by atoms with van der Waals surface area (Å²) in [4.78, 5) is 11.0. The second kappa shape index (κ2) is 6.91. The molecule has 0 heterocycles. The standard InChI is InChI=1S/C13H18O4/c1-3-16-11-8-6-5-7-10(11)9-12(13(14)15)17-4-2/h5-8,12H,3-4,9H2,1-2H3,(H,14,15)/t12-/m1/s1. The van der Waals surface area contributed by atoms with Gasteiger partial charge in [-0.05, 0) is 25.5 Å². The summed E-state index contributed by atoms with van der Waals surface area (Å²) < 4.78 is 10.6. The first-order valence-corrected chi connectivity index (χ1v) is 5.74. The molecule has 0 bridgehead atoms. The van der Waals surface area contributed by atoms with Crippen molar-refractivity contribution in [3.05, 3.63) is 29.8 Å². The summed E-state index contributed by atoms with van der Waals surface area (Å²) in [6.45, 7) is 4.62. The molecule has 0 radical (unpaired) electrons. The topological polar surface area (TPSA) is 55.8 Å². The minimum Gasteiger partial charge on any atom is -0.494 e. The van der Waals surface area contributed by atoms with Crippen molar-refractivity contribution in [2.75, 3.05) is 13.2 Å². The van der Waals surface area contributed by atoms with E-state index in [-0.39, 0.29) is 0 Å². The van der Waals surface area contributed by atoms with Gasteiger partial charge in [-0.1, -0.05) is 18.2 Å². The van der Waals surface area contributed by atoms with Gasteiger partial charge in [-0.25, -0.2) is 4.79 Å². The highest BCUT2D eigenvalue weighted by Crippen LogP contribution is 2.20. The van der Waals surface area contributed by atoms with Crippen molar-refractivity contribution in [3.8, 4) is 5.75 Å². The number of para-hydroxylation sites is 1. The molecular weight excluding hydrogens is 220 g/mol. The molecule has 94 valence electrons. The zero-order valence-corrected chi connectivity index (χ0v) is 10.2. The van der Waals surface area contributed by atoms with E-state index < -0.39 is 12.1 Å². The lowest BCUT2D eigenvalue weighted by molar-refractivity contribution is -0.149. The molecule has 0 saturated carbocycles. The molecule has 0 saturated heterocycles. The maximum atomic E-state index is 11.0. The largest absolute Gasteiger partial charge is 0.494 e. The van der Waals surface area contributed by atoms with E-state index in [2.05, 4.69) is 0 Å². The lowest BCUT2D eigenvalue weighted by Gasteiger charge is -2.15. The van der Waals surface area contributed by atoms with Crippen LogP contribution in [-0.2, 0) is 16.0 Å². The van der Waals surface area contributed by atoms with Gasteiger partial charge in [-0.15, -0.1) is 0 Å². The molecule has 1 N–H and O–H groups in total. The molecule has 17 heavy (non-hydrogen) atoms. The quantitative estimate of drug-likeness (QED) is 0.790. The van der Waals surface area contributed by atoms with Crippen molar-refractivity contribution in [2.24, 2.45) is 0 Å². The van der Waals surface area contributed by atoms with Gasteiger partial charge in [0.15, 0.2) is 6.10 Å². The Balaban J connectivity index is 2.80. The normalized spacial score (nSPS) is 12.1. The van der Waals surface area contributed by atoms with Crippen LogP contribution >= 0.6 is 0 Å². The van der Waals surface area contributed by atoms with Gasteiger partial charge < -0.3 is 14.6 Å². The van der Waals surface area contributed by atoms with Crippen LogP contribution in [-0.4, -0.2) is 30.4 Å². The summed E-state index contributed by atoms with van der Waals surface area (Å²) >= 11 is 0. The highest BCUT2D eigenvalue weighted by atomic mass is 16.5. The molecular formula is C13H18O4. The Hall–Kier alpha value is -1.55. The van der Waals surface area contributed by atoms with Crippen molar-refractivity contribution in [3.63, 3.8) is 0 Å². The van der Waals surface area contributed by atoms with E-state index in [1.807, 2.05) is 31.2 Å². The average Bonchev–Trinajstić information content (AvgIpc) is 2.31. The third-order valence-electron chi connectivity index (χ3n) is 2.32. The SMILES string of the molecule is CCOc1ccccc1C[C@@H](OCC)C(=O)O. The van der Waals surface area contributed by atoms with Gasteiger partial charge in [0.1, 0.15) is 5.75 Å². The third kappa shape index (κ3) is 4.07. The summed E-state index contributed by atoms with van der Waals surface area (Å²) in [5.74, 6) is -0.223. The van der Waals surface area contributed by atoms with Gasteiger partial charge >= 0.3 is 5.97 Å². The second-order valence-corrected chi connectivity index (χ2v) is 3.53. The molecule has 0 aromatic heterocycles. The number of hydrogen-bond acceptors (Lipinski definition) is 3. The number of ether oxygens (including phenoxy) is 2. The van der Waals surface area contributed by atoms with E-state index in [9.17, 15) is 4.79 Å². The second-order valence-electron chi connectivity index (χ2n) is 3.53. The van der Waals surface area contributed by atoms with Gasteiger partial charge in [0.2, 0.25) is 0 Å². The predicted octanol–water partition coefficient (Wildman–Crippen LogP) is 2.12. The third-order valence-corrected chi connectivity index (χ3v) is 2.32. The monoisotopic (exact) mass is 238 g/mol. The first kappa shape index (κ1) is 13.5. The number of carbonyl (C=O) groups is 1. The van der Waals surface area contributed by atoms with Gasteiger partial charge in [0.05, 0.1) is 6.61 Å². The summed E-state index contributed by atoms with van der Waals surface area (Å²) in [5.41, 5.74) is 0.857. The number of carboxylic acid groups (broad SMARTS) is 1.